The van der Waals surface area contributed by atoms with Crippen LogP contribution in [-0.2, 0) is 20.7 Å². The number of rotatable bonds is 4. The second kappa shape index (κ2) is 8.96. The number of hydrogen-bond acceptors (Lipinski definition) is 3. The highest BCUT2D eigenvalue weighted by Crippen LogP contribution is 2.32. The van der Waals surface area contributed by atoms with E-state index in [1.807, 2.05) is 30.0 Å². The number of carbonyl (C=O) groups excluding carboxylic acids is 2. The van der Waals surface area contributed by atoms with Crippen LogP contribution in [0.1, 0.15) is 49.7 Å². The maximum atomic E-state index is 13.1. The summed E-state index contributed by atoms with van der Waals surface area (Å²) in [6.45, 7) is 3.20. The molecular formula is C24H27FN2O3. The predicted molar refractivity (Wildman–Crippen MR) is 114 cm³/mol. The Hall–Kier alpha value is -2.73. The van der Waals surface area contributed by atoms with Crippen molar-refractivity contribution in [3.8, 4) is 0 Å². The van der Waals surface area contributed by atoms with Crippen molar-refractivity contribution in [3.05, 3.63) is 59.4 Å². The summed E-state index contributed by atoms with van der Waals surface area (Å²) >= 11 is 0. The zero-order valence-electron chi connectivity index (χ0n) is 17.2. The average Bonchev–Trinajstić information content (AvgIpc) is 2.79. The SMILES string of the molecule is CC(C(=O)Nc1ccc(F)cc1)c1ccc2c(c1)CCCN2C(=O)[C@H]1CCCCO1. The van der Waals surface area contributed by atoms with Crippen LogP contribution in [-0.4, -0.2) is 31.1 Å². The average molecular weight is 410 g/mol. The summed E-state index contributed by atoms with van der Waals surface area (Å²) in [6, 6.07) is 11.6. The van der Waals surface area contributed by atoms with Gasteiger partial charge in [0.15, 0.2) is 0 Å². The summed E-state index contributed by atoms with van der Waals surface area (Å²) in [5.41, 5.74) is 3.48. The van der Waals surface area contributed by atoms with Crippen LogP contribution in [0, 0.1) is 5.82 Å². The van der Waals surface area contributed by atoms with E-state index in [-0.39, 0.29) is 29.7 Å². The van der Waals surface area contributed by atoms with E-state index in [1.165, 1.54) is 12.1 Å². The minimum absolute atomic E-state index is 0.0468. The molecule has 2 aliphatic heterocycles. The smallest absolute Gasteiger partial charge is 0.256 e. The Labute approximate surface area is 176 Å². The first-order valence-electron chi connectivity index (χ1n) is 10.6. The zero-order valence-corrected chi connectivity index (χ0v) is 17.2. The molecule has 0 radical (unpaired) electrons. The van der Waals surface area contributed by atoms with Gasteiger partial charge < -0.3 is 15.0 Å². The fourth-order valence-corrected chi connectivity index (χ4v) is 4.16. The van der Waals surface area contributed by atoms with Crippen LogP contribution in [0.15, 0.2) is 42.5 Å². The predicted octanol–water partition coefficient (Wildman–Crippen LogP) is 4.42. The molecule has 2 aromatic rings. The Kier molecular flexibility index (Phi) is 6.13. The maximum absolute atomic E-state index is 13.1. The zero-order chi connectivity index (χ0) is 21.1. The van der Waals surface area contributed by atoms with Gasteiger partial charge in [0.25, 0.3) is 5.91 Å². The van der Waals surface area contributed by atoms with Crippen LogP contribution in [0.5, 0.6) is 0 Å². The van der Waals surface area contributed by atoms with E-state index in [4.69, 9.17) is 4.74 Å². The Morgan fingerprint density at radius 2 is 1.93 bits per heavy atom. The van der Waals surface area contributed by atoms with Crippen molar-refractivity contribution in [2.45, 2.75) is 51.0 Å². The molecule has 4 rings (SSSR count). The summed E-state index contributed by atoms with van der Waals surface area (Å²) in [5, 5.41) is 2.83. The molecule has 1 N–H and O–H groups in total. The minimum Gasteiger partial charge on any atom is -0.368 e. The van der Waals surface area contributed by atoms with Gasteiger partial charge >= 0.3 is 0 Å². The van der Waals surface area contributed by atoms with E-state index in [9.17, 15) is 14.0 Å². The van der Waals surface area contributed by atoms with Crippen molar-refractivity contribution in [1.82, 2.24) is 0 Å². The van der Waals surface area contributed by atoms with E-state index in [2.05, 4.69) is 5.32 Å². The van der Waals surface area contributed by atoms with E-state index in [1.54, 1.807) is 12.1 Å². The Morgan fingerprint density at radius 3 is 2.67 bits per heavy atom. The van der Waals surface area contributed by atoms with Crippen molar-refractivity contribution >= 4 is 23.2 Å². The summed E-state index contributed by atoms with van der Waals surface area (Å²) in [6.07, 6.45) is 4.25. The van der Waals surface area contributed by atoms with Gasteiger partial charge in [0, 0.05) is 24.5 Å². The van der Waals surface area contributed by atoms with Crippen molar-refractivity contribution in [2.75, 3.05) is 23.4 Å². The normalized spacial score (nSPS) is 19.7. The maximum Gasteiger partial charge on any atom is 0.256 e. The van der Waals surface area contributed by atoms with E-state index in [0.717, 1.165) is 48.9 Å². The fourth-order valence-electron chi connectivity index (χ4n) is 4.16. The molecule has 0 spiro atoms. The second-order valence-corrected chi connectivity index (χ2v) is 8.05. The molecule has 2 atom stereocenters. The van der Waals surface area contributed by atoms with Crippen molar-refractivity contribution in [3.63, 3.8) is 0 Å². The summed E-state index contributed by atoms with van der Waals surface area (Å²) in [5.74, 6) is -0.812. The van der Waals surface area contributed by atoms with Gasteiger partial charge in [0.05, 0.1) is 5.92 Å². The van der Waals surface area contributed by atoms with Crippen LogP contribution >= 0.6 is 0 Å². The van der Waals surface area contributed by atoms with Crippen molar-refractivity contribution < 1.29 is 18.7 Å². The number of hydrogen-bond donors (Lipinski definition) is 1. The highest BCUT2D eigenvalue weighted by Gasteiger charge is 2.31. The number of anilines is 2. The number of nitrogens with zero attached hydrogens (tertiary/aromatic N) is 1. The molecule has 0 aliphatic carbocycles. The summed E-state index contributed by atoms with van der Waals surface area (Å²) in [7, 11) is 0. The highest BCUT2D eigenvalue weighted by atomic mass is 19.1. The molecular weight excluding hydrogens is 383 g/mol. The number of fused-ring (bicyclic) bond motifs is 1. The monoisotopic (exact) mass is 410 g/mol. The van der Waals surface area contributed by atoms with Gasteiger partial charge in [-0.2, -0.15) is 0 Å². The van der Waals surface area contributed by atoms with Crippen LogP contribution in [0.25, 0.3) is 0 Å². The lowest BCUT2D eigenvalue weighted by Crippen LogP contribution is -2.44. The molecule has 1 unspecified atom stereocenters. The Balaban J connectivity index is 1.49. The number of halogens is 1. The van der Waals surface area contributed by atoms with Crippen molar-refractivity contribution in [2.24, 2.45) is 0 Å². The van der Waals surface area contributed by atoms with E-state index >= 15 is 0 Å². The second-order valence-electron chi connectivity index (χ2n) is 8.05. The van der Waals surface area contributed by atoms with Gasteiger partial charge in [-0.1, -0.05) is 12.1 Å². The minimum atomic E-state index is -0.367. The number of nitrogens with one attached hydrogen (secondary N) is 1. The molecule has 0 saturated carbocycles. The molecule has 30 heavy (non-hydrogen) atoms. The molecule has 5 nitrogen and oxygen atoms in total. The lowest BCUT2D eigenvalue weighted by Gasteiger charge is -2.34. The van der Waals surface area contributed by atoms with Crippen LogP contribution in [0.4, 0.5) is 15.8 Å². The fraction of sp³-hybridized carbons (Fsp3) is 0.417. The van der Waals surface area contributed by atoms with Gasteiger partial charge in [-0.15, -0.1) is 0 Å². The summed E-state index contributed by atoms with van der Waals surface area (Å²) < 4.78 is 18.8. The number of amides is 2. The lowest BCUT2D eigenvalue weighted by molar-refractivity contribution is -0.132. The molecule has 2 heterocycles. The van der Waals surface area contributed by atoms with Gasteiger partial charge in [0.2, 0.25) is 5.91 Å². The largest absolute Gasteiger partial charge is 0.368 e. The third kappa shape index (κ3) is 4.38. The van der Waals surface area contributed by atoms with Crippen LogP contribution in [0.3, 0.4) is 0 Å². The molecule has 158 valence electrons. The van der Waals surface area contributed by atoms with Crippen LogP contribution in [0.2, 0.25) is 0 Å². The first-order valence-corrected chi connectivity index (χ1v) is 10.6. The third-order valence-electron chi connectivity index (χ3n) is 5.95. The molecule has 2 amide bonds. The first kappa shape index (κ1) is 20.5. The molecule has 1 saturated heterocycles. The van der Waals surface area contributed by atoms with Crippen molar-refractivity contribution in [1.29, 1.82) is 0 Å². The standard InChI is InChI=1S/C24H27FN2O3/c1-16(23(28)26-20-10-8-19(25)9-11-20)17-7-12-21-18(15-17)5-4-13-27(21)24(29)22-6-2-3-14-30-22/h7-12,15-16,22H,2-6,13-14H2,1H3,(H,26,28)/t16?,22-/m1/s1. The number of benzene rings is 2. The molecule has 1 fully saturated rings. The molecule has 0 aromatic heterocycles. The van der Waals surface area contributed by atoms with Gasteiger partial charge in [-0.25, -0.2) is 4.39 Å². The van der Waals surface area contributed by atoms with Gasteiger partial charge in [0.1, 0.15) is 11.9 Å². The number of carbonyl (C=O) groups is 2. The molecule has 6 heteroatoms. The molecule has 0 bridgehead atoms. The Morgan fingerprint density at radius 1 is 1.13 bits per heavy atom. The lowest BCUT2D eigenvalue weighted by atomic mass is 9.93. The topological polar surface area (TPSA) is 58.6 Å². The van der Waals surface area contributed by atoms with E-state index in [0.29, 0.717) is 18.8 Å². The summed E-state index contributed by atoms with van der Waals surface area (Å²) in [4.78, 5) is 27.5. The number of ether oxygens (including phenoxy) is 1. The number of aryl methyl sites for hydroxylation is 1. The van der Waals surface area contributed by atoms with E-state index < -0.39 is 0 Å². The molecule has 2 aliphatic rings. The third-order valence-corrected chi connectivity index (χ3v) is 5.95. The quantitative estimate of drug-likeness (QED) is 0.812. The Bertz CT molecular complexity index is 923. The first-order chi connectivity index (χ1) is 14.5. The van der Waals surface area contributed by atoms with Gasteiger partial charge in [-0.05, 0) is 80.5 Å². The van der Waals surface area contributed by atoms with Gasteiger partial charge in [-0.3, -0.25) is 9.59 Å². The highest BCUT2D eigenvalue weighted by molar-refractivity contribution is 5.98. The molecule has 2 aromatic carbocycles. The van der Waals surface area contributed by atoms with Crippen LogP contribution < -0.4 is 10.2 Å².